The minimum Gasteiger partial charge on any atom is -0.399 e. The Hall–Kier alpha value is -1.61. The Morgan fingerprint density at radius 3 is 2.50 bits per heavy atom. The lowest BCUT2D eigenvalue weighted by Gasteiger charge is -2.14. The molecule has 18 heavy (non-hydrogen) atoms. The van der Waals surface area contributed by atoms with Gasteiger partial charge in [0.1, 0.15) is 5.82 Å². The van der Waals surface area contributed by atoms with E-state index in [9.17, 15) is 12.8 Å². The third-order valence-corrected chi connectivity index (χ3v) is 4.25. The van der Waals surface area contributed by atoms with Crippen molar-refractivity contribution in [2.24, 2.45) is 5.41 Å². The van der Waals surface area contributed by atoms with Gasteiger partial charge >= 0.3 is 0 Å². The van der Waals surface area contributed by atoms with Gasteiger partial charge in [-0.1, -0.05) is 0 Å². The second kappa shape index (κ2) is 4.94. The fraction of sp³-hybridized carbons (Fsp3) is 0.417. The first kappa shape index (κ1) is 14.5. The second-order valence-electron chi connectivity index (χ2n) is 4.78. The average Bonchev–Trinajstić information content (AvgIpc) is 2.25. The number of hydrogen-bond acceptors (Lipinski definition) is 4. The van der Waals surface area contributed by atoms with Crippen molar-refractivity contribution in [2.45, 2.75) is 25.2 Å². The third-order valence-electron chi connectivity index (χ3n) is 2.55. The highest BCUT2D eigenvalue weighted by Gasteiger charge is 2.23. The number of nitrogen functional groups attached to an aromatic ring is 1. The van der Waals surface area contributed by atoms with Crippen LogP contribution in [0.2, 0.25) is 0 Å². The van der Waals surface area contributed by atoms with Crippen LogP contribution in [0.25, 0.3) is 0 Å². The zero-order chi connectivity index (χ0) is 14.0. The van der Waals surface area contributed by atoms with Crippen LogP contribution in [0.1, 0.15) is 20.3 Å². The fourth-order valence-corrected chi connectivity index (χ4v) is 2.95. The van der Waals surface area contributed by atoms with E-state index in [0.717, 1.165) is 12.1 Å². The van der Waals surface area contributed by atoms with Gasteiger partial charge in [0.05, 0.1) is 22.1 Å². The van der Waals surface area contributed by atoms with E-state index < -0.39 is 21.1 Å². The summed E-state index contributed by atoms with van der Waals surface area (Å²) in [6.07, 6.45) is 0.183. The number of rotatable bonds is 4. The Kier molecular flexibility index (Phi) is 3.97. The molecular formula is C12H15FN2O2S. The maximum absolute atomic E-state index is 13.1. The van der Waals surface area contributed by atoms with E-state index in [1.165, 1.54) is 6.07 Å². The molecule has 1 aromatic carbocycles. The zero-order valence-electron chi connectivity index (χ0n) is 10.3. The number of nitrogens with two attached hydrogens (primary N) is 1. The molecule has 0 spiro atoms. The normalized spacial score (nSPS) is 12.1. The summed E-state index contributed by atoms with van der Waals surface area (Å²) in [4.78, 5) is -0.145. The zero-order valence-corrected chi connectivity index (χ0v) is 11.1. The van der Waals surface area contributed by atoms with Crippen LogP contribution < -0.4 is 5.73 Å². The standard InChI is InChI=1S/C12H15FN2O2S/c1-12(2,8-14)3-4-18(16,17)11-6-9(13)5-10(15)7-11/h5-7H,3-4,15H2,1-2H3. The molecule has 0 saturated carbocycles. The molecule has 0 aliphatic rings. The van der Waals surface area contributed by atoms with Crippen LogP contribution in [0.5, 0.6) is 0 Å². The summed E-state index contributed by atoms with van der Waals surface area (Å²) in [7, 11) is -3.62. The van der Waals surface area contributed by atoms with Crippen LogP contribution >= 0.6 is 0 Å². The van der Waals surface area contributed by atoms with Gasteiger partial charge < -0.3 is 5.73 Å². The van der Waals surface area contributed by atoms with Gasteiger partial charge in [-0.15, -0.1) is 0 Å². The molecular weight excluding hydrogens is 255 g/mol. The molecule has 0 radical (unpaired) electrons. The van der Waals surface area contributed by atoms with Crippen LogP contribution in [0.4, 0.5) is 10.1 Å². The molecule has 1 rings (SSSR count). The van der Waals surface area contributed by atoms with Gasteiger partial charge in [-0.2, -0.15) is 5.26 Å². The van der Waals surface area contributed by atoms with Crippen molar-refractivity contribution in [3.8, 4) is 6.07 Å². The quantitative estimate of drug-likeness (QED) is 0.849. The Bertz CT molecular complexity index is 568. The van der Waals surface area contributed by atoms with Crippen molar-refractivity contribution in [2.75, 3.05) is 11.5 Å². The summed E-state index contributed by atoms with van der Waals surface area (Å²) in [5.74, 6) is -0.899. The molecule has 1 aromatic rings. The van der Waals surface area contributed by atoms with Gasteiger partial charge in [-0.25, -0.2) is 12.8 Å². The number of anilines is 1. The Morgan fingerprint density at radius 2 is 2.00 bits per heavy atom. The summed E-state index contributed by atoms with van der Waals surface area (Å²) in [6.45, 7) is 3.31. The minimum atomic E-state index is -3.62. The third kappa shape index (κ3) is 3.70. The first-order valence-electron chi connectivity index (χ1n) is 5.36. The van der Waals surface area contributed by atoms with Crippen molar-refractivity contribution >= 4 is 15.5 Å². The predicted octanol–water partition coefficient (Wildman–Crippen LogP) is 2.12. The Balaban J connectivity index is 2.98. The number of benzene rings is 1. The van der Waals surface area contributed by atoms with E-state index >= 15 is 0 Å². The molecule has 0 atom stereocenters. The molecule has 0 saturated heterocycles. The topological polar surface area (TPSA) is 84.0 Å². The largest absolute Gasteiger partial charge is 0.399 e. The van der Waals surface area contributed by atoms with Gasteiger partial charge in [0, 0.05) is 5.69 Å². The molecule has 0 heterocycles. The molecule has 4 nitrogen and oxygen atoms in total. The summed E-state index contributed by atoms with van der Waals surface area (Å²) >= 11 is 0. The SMILES string of the molecule is CC(C)(C#N)CCS(=O)(=O)c1cc(N)cc(F)c1. The molecule has 0 aliphatic heterocycles. The first-order valence-corrected chi connectivity index (χ1v) is 7.02. The summed E-state index contributed by atoms with van der Waals surface area (Å²) in [5, 5.41) is 8.82. The van der Waals surface area contributed by atoms with Crippen molar-refractivity contribution < 1.29 is 12.8 Å². The smallest absolute Gasteiger partial charge is 0.178 e. The van der Waals surface area contributed by atoms with Crippen LogP contribution in [-0.2, 0) is 9.84 Å². The highest BCUT2D eigenvalue weighted by atomic mass is 32.2. The molecule has 0 aliphatic carbocycles. The van der Waals surface area contributed by atoms with E-state index in [0.29, 0.717) is 0 Å². The molecule has 0 amide bonds. The number of sulfone groups is 1. The van der Waals surface area contributed by atoms with Gasteiger partial charge in [0.2, 0.25) is 0 Å². The molecule has 2 N–H and O–H groups in total. The molecule has 6 heteroatoms. The van der Waals surface area contributed by atoms with Crippen LogP contribution in [0, 0.1) is 22.6 Å². The number of nitriles is 1. The van der Waals surface area contributed by atoms with Crippen molar-refractivity contribution in [3.05, 3.63) is 24.0 Å². The van der Waals surface area contributed by atoms with Crippen LogP contribution in [0.15, 0.2) is 23.1 Å². The van der Waals surface area contributed by atoms with Gasteiger partial charge in [-0.05, 0) is 38.5 Å². The second-order valence-corrected chi connectivity index (χ2v) is 6.89. The van der Waals surface area contributed by atoms with E-state index in [-0.39, 0.29) is 22.8 Å². The van der Waals surface area contributed by atoms with Crippen LogP contribution in [-0.4, -0.2) is 14.2 Å². The summed E-state index contributed by atoms with van der Waals surface area (Å²) in [5.41, 5.74) is 4.74. The van der Waals surface area contributed by atoms with Crippen molar-refractivity contribution in [1.82, 2.24) is 0 Å². The molecule has 0 bridgehead atoms. The lowest BCUT2D eigenvalue weighted by atomic mass is 9.93. The van der Waals surface area contributed by atoms with E-state index in [1.807, 2.05) is 6.07 Å². The number of nitrogens with zero attached hydrogens (tertiary/aromatic N) is 1. The van der Waals surface area contributed by atoms with E-state index in [1.54, 1.807) is 13.8 Å². The summed E-state index contributed by atoms with van der Waals surface area (Å²) in [6, 6.07) is 5.23. The predicted molar refractivity (Wildman–Crippen MR) is 66.9 cm³/mol. The van der Waals surface area contributed by atoms with Crippen LogP contribution in [0.3, 0.4) is 0 Å². The highest BCUT2D eigenvalue weighted by Crippen LogP contribution is 2.23. The summed E-state index contributed by atoms with van der Waals surface area (Å²) < 4.78 is 37.0. The van der Waals surface area contributed by atoms with Crippen molar-refractivity contribution in [3.63, 3.8) is 0 Å². The van der Waals surface area contributed by atoms with E-state index in [4.69, 9.17) is 11.0 Å². The Labute approximate surface area is 106 Å². The maximum atomic E-state index is 13.1. The molecule has 98 valence electrons. The average molecular weight is 270 g/mol. The molecule has 0 fully saturated rings. The first-order chi connectivity index (χ1) is 8.16. The number of halogens is 1. The van der Waals surface area contributed by atoms with Gasteiger partial charge in [0.25, 0.3) is 0 Å². The Morgan fingerprint density at radius 1 is 1.39 bits per heavy atom. The lowest BCUT2D eigenvalue weighted by molar-refractivity contribution is 0.473. The number of hydrogen-bond donors (Lipinski definition) is 1. The molecule has 0 aromatic heterocycles. The molecule has 0 unspecified atom stereocenters. The monoisotopic (exact) mass is 270 g/mol. The van der Waals surface area contributed by atoms with E-state index in [2.05, 4.69) is 0 Å². The lowest BCUT2D eigenvalue weighted by Crippen LogP contribution is -2.16. The van der Waals surface area contributed by atoms with Gasteiger partial charge in [-0.3, -0.25) is 0 Å². The minimum absolute atomic E-state index is 0.0631. The maximum Gasteiger partial charge on any atom is 0.178 e. The van der Waals surface area contributed by atoms with Crippen molar-refractivity contribution in [1.29, 1.82) is 5.26 Å². The fourth-order valence-electron chi connectivity index (χ4n) is 1.33. The highest BCUT2D eigenvalue weighted by molar-refractivity contribution is 7.91. The van der Waals surface area contributed by atoms with Gasteiger partial charge in [0.15, 0.2) is 9.84 Å².